The molecule has 1 heterocycles. The molecule has 0 radical (unpaired) electrons. The number of rotatable bonds is 1. The van der Waals surface area contributed by atoms with Crippen LogP contribution in [0.4, 0.5) is 5.69 Å². The first-order valence-electron chi connectivity index (χ1n) is 3.80. The molecule has 0 atom stereocenters. The molecule has 0 fully saturated rings. The zero-order chi connectivity index (χ0) is 10.1. The fourth-order valence-electron chi connectivity index (χ4n) is 1.28. The molecule has 0 aromatic heterocycles. The van der Waals surface area contributed by atoms with Crippen LogP contribution in [0.3, 0.4) is 0 Å². The fraction of sp³-hybridized carbons (Fsp3) is 0. The highest BCUT2D eigenvalue weighted by Gasteiger charge is 2.26. The second-order valence-electron chi connectivity index (χ2n) is 2.72. The Bertz CT molecular complexity index is 490. The Morgan fingerprint density at radius 1 is 1.21 bits per heavy atom. The maximum Gasteiger partial charge on any atom is 0.259 e. The van der Waals surface area contributed by atoms with E-state index < -0.39 is 5.91 Å². The number of imide groups is 1. The van der Waals surface area contributed by atoms with Gasteiger partial charge in [0.15, 0.2) is 0 Å². The number of carbonyl (C=O) groups excluding carboxylic acids is 2. The topological polar surface area (TPSA) is 58.5 Å². The molecular weight excluding hydrogens is 200 g/mol. The van der Waals surface area contributed by atoms with Crippen molar-refractivity contribution in [2.75, 3.05) is 0 Å². The Balaban J connectivity index is 2.60. The number of thiocarbonyl (C=S) groups is 1. The number of isothiocyanates is 1. The van der Waals surface area contributed by atoms with Gasteiger partial charge in [0, 0.05) is 0 Å². The fourth-order valence-corrected chi connectivity index (χ4v) is 1.38. The third kappa shape index (κ3) is 1.25. The maximum atomic E-state index is 11.2. The highest BCUT2D eigenvalue weighted by atomic mass is 32.1. The molecule has 1 aliphatic heterocycles. The minimum Gasteiger partial charge on any atom is -0.288 e. The van der Waals surface area contributed by atoms with Crippen LogP contribution in [-0.4, -0.2) is 17.0 Å². The molecule has 0 unspecified atom stereocenters. The molecule has 0 spiro atoms. The van der Waals surface area contributed by atoms with E-state index in [-0.39, 0.29) is 5.91 Å². The number of hydrogen-bond donors (Lipinski definition) is 1. The second-order valence-corrected chi connectivity index (χ2v) is 2.90. The standard InChI is InChI=1S/C9H4N2O2S/c12-8-6-2-1-5(10-4-14)3-7(6)9(13)11-8/h1-3H,(H,11,12,13). The lowest BCUT2D eigenvalue weighted by Crippen LogP contribution is -2.19. The summed E-state index contributed by atoms with van der Waals surface area (Å²) in [6.45, 7) is 0. The van der Waals surface area contributed by atoms with Crippen molar-refractivity contribution in [2.45, 2.75) is 0 Å². The van der Waals surface area contributed by atoms with Crippen LogP contribution >= 0.6 is 12.2 Å². The predicted octanol–water partition coefficient (Wildman–Crippen LogP) is 1.30. The lowest BCUT2D eigenvalue weighted by atomic mass is 10.1. The van der Waals surface area contributed by atoms with E-state index in [1.807, 2.05) is 0 Å². The van der Waals surface area contributed by atoms with Gasteiger partial charge in [-0.25, -0.2) is 0 Å². The van der Waals surface area contributed by atoms with Crippen LogP contribution in [0, 0.1) is 0 Å². The van der Waals surface area contributed by atoms with Crippen molar-refractivity contribution >= 4 is 34.9 Å². The Kier molecular flexibility index (Phi) is 1.96. The van der Waals surface area contributed by atoms with E-state index >= 15 is 0 Å². The van der Waals surface area contributed by atoms with Gasteiger partial charge < -0.3 is 0 Å². The van der Waals surface area contributed by atoms with Crippen LogP contribution in [0.2, 0.25) is 0 Å². The molecule has 4 nitrogen and oxygen atoms in total. The summed E-state index contributed by atoms with van der Waals surface area (Å²) in [5.41, 5.74) is 1.23. The smallest absolute Gasteiger partial charge is 0.259 e. The minimum absolute atomic E-state index is 0.335. The monoisotopic (exact) mass is 204 g/mol. The molecule has 1 aromatic carbocycles. The maximum absolute atomic E-state index is 11.2. The van der Waals surface area contributed by atoms with Gasteiger partial charge in [-0.3, -0.25) is 14.9 Å². The van der Waals surface area contributed by atoms with Crippen LogP contribution in [0.15, 0.2) is 23.2 Å². The zero-order valence-corrected chi connectivity index (χ0v) is 7.72. The van der Waals surface area contributed by atoms with E-state index in [1.54, 1.807) is 12.1 Å². The van der Waals surface area contributed by atoms with Gasteiger partial charge in [-0.1, -0.05) is 0 Å². The number of amides is 2. The number of benzene rings is 1. The first kappa shape index (κ1) is 8.74. The highest BCUT2D eigenvalue weighted by molar-refractivity contribution is 7.78. The number of fused-ring (bicyclic) bond motifs is 1. The van der Waals surface area contributed by atoms with Crippen molar-refractivity contribution in [3.63, 3.8) is 0 Å². The Morgan fingerprint density at radius 3 is 2.64 bits per heavy atom. The number of nitrogens with one attached hydrogen (secondary N) is 1. The molecule has 1 aromatic rings. The summed E-state index contributed by atoms with van der Waals surface area (Å²) in [7, 11) is 0. The molecule has 1 N–H and O–H groups in total. The predicted molar refractivity (Wildman–Crippen MR) is 52.9 cm³/mol. The van der Waals surface area contributed by atoms with Crippen LogP contribution in [0.1, 0.15) is 20.7 Å². The van der Waals surface area contributed by atoms with Gasteiger partial charge in [0.2, 0.25) is 0 Å². The third-order valence-electron chi connectivity index (χ3n) is 1.89. The van der Waals surface area contributed by atoms with E-state index in [0.29, 0.717) is 16.8 Å². The van der Waals surface area contributed by atoms with Gasteiger partial charge in [-0.15, -0.1) is 0 Å². The summed E-state index contributed by atoms with van der Waals surface area (Å²) in [5.74, 6) is -0.769. The molecule has 0 aliphatic carbocycles. The van der Waals surface area contributed by atoms with Crippen molar-refractivity contribution in [3.8, 4) is 0 Å². The number of aliphatic imine (C=N–C) groups is 1. The summed E-state index contributed by atoms with van der Waals surface area (Å²) in [6.07, 6.45) is 0. The average molecular weight is 204 g/mol. The minimum atomic E-state index is -0.397. The van der Waals surface area contributed by atoms with Gasteiger partial charge >= 0.3 is 0 Å². The summed E-state index contributed by atoms with van der Waals surface area (Å²) >= 11 is 4.43. The van der Waals surface area contributed by atoms with Crippen molar-refractivity contribution < 1.29 is 9.59 Å². The van der Waals surface area contributed by atoms with E-state index in [9.17, 15) is 9.59 Å². The van der Waals surface area contributed by atoms with Crippen molar-refractivity contribution in [1.82, 2.24) is 5.32 Å². The van der Waals surface area contributed by atoms with Crippen molar-refractivity contribution in [2.24, 2.45) is 4.99 Å². The van der Waals surface area contributed by atoms with Gasteiger partial charge in [0.05, 0.1) is 22.0 Å². The second kappa shape index (κ2) is 3.14. The summed E-state index contributed by atoms with van der Waals surface area (Å²) < 4.78 is 0. The first-order chi connectivity index (χ1) is 6.72. The summed E-state index contributed by atoms with van der Waals surface area (Å²) in [5, 5.41) is 4.38. The van der Waals surface area contributed by atoms with Crippen LogP contribution in [0.25, 0.3) is 0 Å². The molecule has 5 heteroatoms. The Labute approximate surface area is 84.6 Å². The van der Waals surface area contributed by atoms with E-state index in [4.69, 9.17) is 0 Å². The molecule has 68 valence electrons. The van der Waals surface area contributed by atoms with Gasteiger partial charge in [-0.05, 0) is 30.4 Å². The SMILES string of the molecule is O=C1NC(=O)c2cc(N=C=S)ccc21. The summed E-state index contributed by atoms with van der Waals surface area (Å²) in [4.78, 5) is 26.1. The largest absolute Gasteiger partial charge is 0.288 e. The normalized spacial score (nSPS) is 13.1. The lowest BCUT2D eigenvalue weighted by Gasteiger charge is -1.94. The molecule has 0 saturated heterocycles. The van der Waals surface area contributed by atoms with E-state index in [2.05, 4.69) is 27.7 Å². The average Bonchev–Trinajstić information content (AvgIpc) is 2.43. The van der Waals surface area contributed by atoms with Crippen molar-refractivity contribution in [1.29, 1.82) is 0 Å². The number of nitrogens with zero attached hydrogens (tertiary/aromatic N) is 1. The lowest BCUT2D eigenvalue weighted by molar-refractivity contribution is 0.0879. The van der Waals surface area contributed by atoms with Crippen LogP contribution in [0.5, 0.6) is 0 Å². The molecular formula is C9H4N2O2S. The Hall–Kier alpha value is -1.84. The van der Waals surface area contributed by atoms with Crippen molar-refractivity contribution in [3.05, 3.63) is 29.3 Å². The molecule has 2 rings (SSSR count). The quantitative estimate of drug-likeness (QED) is 0.426. The van der Waals surface area contributed by atoms with Gasteiger partial charge in [-0.2, -0.15) is 4.99 Å². The van der Waals surface area contributed by atoms with Gasteiger partial charge in [0.1, 0.15) is 0 Å². The van der Waals surface area contributed by atoms with Crippen LogP contribution < -0.4 is 5.32 Å². The highest BCUT2D eigenvalue weighted by Crippen LogP contribution is 2.21. The molecule has 14 heavy (non-hydrogen) atoms. The number of hydrogen-bond acceptors (Lipinski definition) is 4. The van der Waals surface area contributed by atoms with Crippen LogP contribution in [-0.2, 0) is 0 Å². The first-order valence-corrected chi connectivity index (χ1v) is 4.21. The molecule has 2 amide bonds. The van der Waals surface area contributed by atoms with Gasteiger partial charge in [0.25, 0.3) is 11.8 Å². The Morgan fingerprint density at radius 2 is 1.93 bits per heavy atom. The third-order valence-corrected chi connectivity index (χ3v) is 1.99. The molecule has 0 bridgehead atoms. The molecule has 1 aliphatic rings. The summed E-state index contributed by atoms with van der Waals surface area (Å²) in [6, 6.07) is 4.66. The van der Waals surface area contributed by atoms with E-state index in [0.717, 1.165) is 0 Å². The van der Waals surface area contributed by atoms with E-state index in [1.165, 1.54) is 6.07 Å². The molecule has 0 saturated carbocycles. The zero-order valence-electron chi connectivity index (χ0n) is 6.90. The number of carbonyl (C=O) groups is 2.